The van der Waals surface area contributed by atoms with E-state index in [2.05, 4.69) is 10.3 Å². The fourth-order valence-corrected chi connectivity index (χ4v) is 2.47. The van der Waals surface area contributed by atoms with Crippen LogP contribution in [0.2, 0.25) is 0 Å². The molecule has 10 nitrogen and oxygen atoms in total. The van der Waals surface area contributed by atoms with Gasteiger partial charge in [-0.05, 0) is 12.1 Å². The minimum absolute atomic E-state index is 0.304. The minimum Gasteiger partial charge on any atom is -0.393 e. The van der Waals surface area contributed by atoms with E-state index in [0.29, 0.717) is 0 Å². The van der Waals surface area contributed by atoms with Gasteiger partial charge in [-0.2, -0.15) is 4.98 Å². The average Bonchev–Trinajstić information content (AvgIpc) is 3.13. The van der Waals surface area contributed by atoms with Crippen LogP contribution in [0, 0.1) is 15.9 Å². The van der Waals surface area contributed by atoms with Crippen LogP contribution in [0.25, 0.3) is 0 Å². The second-order valence-corrected chi connectivity index (χ2v) is 5.49. The Balaban J connectivity index is 1.86. The Morgan fingerprint density at radius 3 is 2.81 bits per heavy atom. The molecule has 0 spiro atoms. The molecule has 0 bridgehead atoms. The lowest BCUT2D eigenvalue weighted by Gasteiger charge is -2.15. The lowest BCUT2D eigenvalue weighted by Crippen LogP contribution is -2.30. The summed E-state index contributed by atoms with van der Waals surface area (Å²) in [7, 11) is 0. The zero-order chi connectivity index (χ0) is 19.6. The highest BCUT2D eigenvalue weighted by molar-refractivity contribution is 6.06. The van der Waals surface area contributed by atoms with E-state index in [-0.39, 0.29) is 12.2 Å². The Morgan fingerprint density at radius 1 is 1.41 bits per heavy atom. The van der Waals surface area contributed by atoms with Crippen molar-refractivity contribution in [3.63, 3.8) is 0 Å². The molecule has 0 aliphatic carbocycles. The first-order valence-electron chi connectivity index (χ1n) is 7.69. The second-order valence-electron chi connectivity index (χ2n) is 5.49. The molecule has 1 aromatic heterocycles. The van der Waals surface area contributed by atoms with E-state index < -0.39 is 46.2 Å². The first-order valence-corrected chi connectivity index (χ1v) is 7.69. The molecule has 3 rings (SSSR count). The van der Waals surface area contributed by atoms with Crippen molar-refractivity contribution in [3.8, 4) is 0 Å². The number of benzene rings is 1. The number of nitro benzene ring substituents is 1. The maximum absolute atomic E-state index is 14.3. The molecule has 27 heavy (non-hydrogen) atoms. The van der Waals surface area contributed by atoms with Crippen LogP contribution < -0.4 is 11.0 Å². The van der Waals surface area contributed by atoms with E-state index in [4.69, 9.17) is 9.84 Å². The van der Waals surface area contributed by atoms with Crippen molar-refractivity contribution in [3.05, 3.63) is 74.6 Å². The Hall–Kier alpha value is -3.44. The van der Waals surface area contributed by atoms with Gasteiger partial charge in [-0.25, -0.2) is 9.18 Å². The Labute approximate surface area is 150 Å². The number of ether oxygens (including phenoxy) is 1. The van der Waals surface area contributed by atoms with Crippen molar-refractivity contribution >= 4 is 17.4 Å². The lowest BCUT2D eigenvalue weighted by molar-refractivity contribution is -0.385. The molecule has 2 N–H and O–H groups in total. The van der Waals surface area contributed by atoms with Crippen molar-refractivity contribution in [1.29, 1.82) is 0 Å². The number of nitrogens with zero attached hydrogens (tertiary/aromatic N) is 3. The molecule has 2 aromatic rings. The van der Waals surface area contributed by atoms with E-state index in [1.54, 1.807) is 0 Å². The van der Waals surface area contributed by atoms with Crippen molar-refractivity contribution < 1.29 is 24.0 Å². The SMILES string of the molecule is O=C(Nc1nc(=O)n([C@H]2C=C[C@@H](CO)O2)cc1F)c1ccccc1[N+](=O)[O-]. The van der Waals surface area contributed by atoms with Gasteiger partial charge in [0.1, 0.15) is 11.7 Å². The van der Waals surface area contributed by atoms with Crippen molar-refractivity contribution in [1.82, 2.24) is 9.55 Å². The molecular formula is C16H13FN4O6. The summed E-state index contributed by atoms with van der Waals surface area (Å²) in [6.45, 7) is -0.304. The minimum atomic E-state index is -1.04. The molecule has 0 unspecified atom stereocenters. The van der Waals surface area contributed by atoms with Gasteiger partial charge < -0.3 is 15.2 Å². The van der Waals surface area contributed by atoms with Crippen LogP contribution in [0.5, 0.6) is 0 Å². The fraction of sp³-hybridized carbons (Fsp3) is 0.188. The summed E-state index contributed by atoms with van der Waals surface area (Å²) in [5.41, 5.74) is -1.69. The highest BCUT2D eigenvalue weighted by atomic mass is 19.1. The molecule has 11 heteroatoms. The zero-order valence-corrected chi connectivity index (χ0v) is 13.6. The molecule has 1 amide bonds. The maximum atomic E-state index is 14.3. The fourth-order valence-electron chi connectivity index (χ4n) is 2.47. The molecule has 2 atom stereocenters. The van der Waals surface area contributed by atoms with Crippen LogP contribution in [-0.2, 0) is 4.74 Å². The molecule has 1 aromatic carbocycles. The van der Waals surface area contributed by atoms with E-state index in [0.717, 1.165) is 16.8 Å². The number of carbonyl (C=O) groups is 1. The molecule has 1 aliphatic rings. The third-order valence-corrected chi connectivity index (χ3v) is 3.74. The third-order valence-electron chi connectivity index (χ3n) is 3.74. The van der Waals surface area contributed by atoms with Gasteiger partial charge in [0.15, 0.2) is 17.9 Å². The number of hydrogen-bond acceptors (Lipinski definition) is 7. The van der Waals surface area contributed by atoms with Crippen LogP contribution in [0.1, 0.15) is 16.6 Å². The van der Waals surface area contributed by atoms with Gasteiger partial charge in [-0.15, -0.1) is 0 Å². The average molecular weight is 376 g/mol. The highest BCUT2D eigenvalue weighted by Gasteiger charge is 2.24. The second kappa shape index (κ2) is 7.43. The number of hydrogen-bond donors (Lipinski definition) is 2. The van der Waals surface area contributed by atoms with E-state index in [1.165, 1.54) is 30.4 Å². The van der Waals surface area contributed by atoms with E-state index in [1.807, 2.05) is 0 Å². The molecule has 2 heterocycles. The summed E-state index contributed by atoms with van der Waals surface area (Å²) >= 11 is 0. The van der Waals surface area contributed by atoms with Gasteiger partial charge in [0.25, 0.3) is 11.6 Å². The van der Waals surface area contributed by atoms with E-state index >= 15 is 0 Å². The predicted octanol–water partition coefficient (Wildman–Crippen LogP) is 0.989. The van der Waals surface area contributed by atoms with Crippen molar-refractivity contribution in [2.45, 2.75) is 12.3 Å². The summed E-state index contributed by atoms with van der Waals surface area (Å²) in [6.07, 6.45) is 2.19. The zero-order valence-electron chi connectivity index (χ0n) is 13.6. The summed E-state index contributed by atoms with van der Waals surface area (Å²) in [5, 5.41) is 22.1. The van der Waals surface area contributed by atoms with Crippen LogP contribution in [0.3, 0.4) is 0 Å². The first-order chi connectivity index (χ1) is 12.9. The van der Waals surface area contributed by atoms with Crippen LogP contribution >= 0.6 is 0 Å². The number of aliphatic hydroxyl groups excluding tert-OH is 1. The molecule has 1 aliphatic heterocycles. The van der Waals surface area contributed by atoms with Gasteiger partial charge in [-0.3, -0.25) is 19.5 Å². The van der Waals surface area contributed by atoms with Crippen LogP contribution in [-0.4, -0.2) is 38.2 Å². The standard InChI is InChI=1S/C16H13FN4O6/c17-11-7-20(13-6-5-9(8-22)27-13)16(24)19-14(11)18-15(23)10-3-1-2-4-12(10)21(25)26/h1-7,9,13,22H,8H2,(H,18,19,23,24)/t9-,13+/m0/s1. The Kier molecular flexibility index (Phi) is 5.05. The number of anilines is 1. The maximum Gasteiger partial charge on any atom is 0.352 e. The lowest BCUT2D eigenvalue weighted by atomic mass is 10.1. The van der Waals surface area contributed by atoms with Gasteiger partial charge in [0, 0.05) is 6.07 Å². The molecule has 0 fully saturated rings. The summed E-state index contributed by atoms with van der Waals surface area (Å²) in [5.74, 6) is -2.69. The summed E-state index contributed by atoms with van der Waals surface area (Å²) in [4.78, 5) is 38.0. The largest absolute Gasteiger partial charge is 0.393 e. The number of para-hydroxylation sites is 1. The van der Waals surface area contributed by atoms with Gasteiger partial charge in [0.2, 0.25) is 0 Å². The third kappa shape index (κ3) is 3.73. The van der Waals surface area contributed by atoms with Gasteiger partial charge in [0.05, 0.1) is 17.7 Å². The number of carbonyl (C=O) groups excluding carboxylic acids is 1. The van der Waals surface area contributed by atoms with Crippen molar-refractivity contribution in [2.24, 2.45) is 0 Å². The molecular weight excluding hydrogens is 363 g/mol. The van der Waals surface area contributed by atoms with Crippen LogP contribution in [0.15, 0.2) is 47.4 Å². The normalized spacial score (nSPS) is 18.4. The smallest absolute Gasteiger partial charge is 0.352 e. The number of nitrogens with one attached hydrogen (secondary N) is 1. The first kappa shape index (κ1) is 18.4. The molecule has 0 saturated heterocycles. The summed E-state index contributed by atoms with van der Waals surface area (Å²) in [6, 6.07) is 5.10. The summed E-state index contributed by atoms with van der Waals surface area (Å²) < 4.78 is 20.4. The molecule has 140 valence electrons. The number of aromatic nitrogens is 2. The molecule has 0 radical (unpaired) electrons. The predicted molar refractivity (Wildman–Crippen MR) is 89.6 cm³/mol. The number of amides is 1. The van der Waals surface area contributed by atoms with E-state index in [9.17, 15) is 24.1 Å². The molecule has 0 saturated carbocycles. The quantitative estimate of drug-likeness (QED) is 0.451. The Bertz CT molecular complexity index is 989. The number of aliphatic hydroxyl groups is 1. The highest BCUT2D eigenvalue weighted by Crippen LogP contribution is 2.22. The monoisotopic (exact) mass is 376 g/mol. The topological polar surface area (TPSA) is 137 Å². The van der Waals surface area contributed by atoms with Crippen LogP contribution in [0.4, 0.5) is 15.9 Å². The van der Waals surface area contributed by atoms with Crippen molar-refractivity contribution in [2.75, 3.05) is 11.9 Å². The number of rotatable bonds is 5. The Morgan fingerprint density at radius 2 is 2.15 bits per heavy atom. The van der Waals surface area contributed by atoms with Gasteiger partial charge in [-0.1, -0.05) is 18.2 Å². The number of halogens is 1. The number of nitro groups is 1. The van der Waals surface area contributed by atoms with Gasteiger partial charge >= 0.3 is 5.69 Å².